The summed E-state index contributed by atoms with van der Waals surface area (Å²) in [5, 5.41) is 3.51. The van der Waals surface area contributed by atoms with Crippen molar-refractivity contribution in [3.05, 3.63) is 35.9 Å². The van der Waals surface area contributed by atoms with Gasteiger partial charge in [-0.1, -0.05) is 44.2 Å². The topological polar surface area (TPSA) is 12.0 Å². The molecule has 78 valence electrons. The van der Waals surface area contributed by atoms with Gasteiger partial charge in [0.1, 0.15) is 0 Å². The van der Waals surface area contributed by atoms with Crippen molar-refractivity contribution in [1.82, 2.24) is 5.32 Å². The summed E-state index contributed by atoms with van der Waals surface area (Å²) >= 11 is 0. The van der Waals surface area contributed by atoms with Gasteiger partial charge in [0, 0.05) is 12.1 Å². The van der Waals surface area contributed by atoms with Crippen LogP contribution >= 0.6 is 0 Å². The maximum absolute atomic E-state index is 3.51. The van der Waals surface area contributed by atoms with E-state index in [9.17, 15) is 0 Å². The first kappa shape index (κ1) is 11.3. The molecule has 1 heteroatoms. The van der Waals surface area contributed by atoms with Crippen LogP contribution in [0.25, 0.3) is 0 Å². The van der Waals surface area contributed by atoms with E-state index in [0.717, 1.165) is 0 Å². The maximum atomic E-state index is 3.51. The SMILES string of the molecule is CC(C)N[C@H](C)CCc1ccccc1. The minimum atomic E-state index is 0.584. The molecule has 0 aliphatic heterocycles. The Labute approximate surface area is 87.5 Å². The highest BCUT2D eigenvalue weighted by Gasteiger charge is 2.03. The maximum Gasteiger partial charge on any atom is 0.00442 e. The van der Waals surface area contributed by atoms with Gasteiger partial charge in [0.2, 0.25) is 0 Å². The van der Waals surface area contributed by atoms with Crippen molar-refractivity contribution in [1.29, 1.82) is 0 Å². The Morgan fingerprint density at radius 1 is 1.07 bits per heavy atom. The first-order valence-corrected chi connectivity index (χ1v) is 5.48. The van der Waals surface area contributed by atoms with Crippen LogP contribution in [0.3, 0.4) is 0 Å². The molecule has 0 spiro atoms. The fourth-order valence-corrected chi connectivity index (χ4v) is 1.68. The quantitative estimate of drug-likeness (QED) is 0.754. The van der Waals surface area contributed by atoms with E-state index in [1.54, 1.807) is 0 Å². The zero-order chi connectivity index (χ0) is 10.4. The lowest BCUT2D eigenvalue weighted by atomic mass is 10.1. The van der Waals surface area contributed by atoms with E-state index < -0.39 is 0 Å². The van der Waals surface area contributed by atoms with Gasteiger partial charge in [-0.3, -0.25) is 0 Å². The van der Waals surface area contributed by atoms with Crippen LogP contribution in [0.15, 0.2) is 30.3 Å². The van der Waals surface area contributed by atoms with Gasteiger partial charge in [0.15, 0.2) is 0 Å². The number of rotatable bonds is 5. The predicted octanol–water partition coefficient (Wildman–Crippen LogP) is 3.01. The first-order valence-electron chi connectivity index (χ1n) is 5.48. The van der Waals surface area contributed by atoms with Crippen molar-refractivity contribution in [2.24, 2.45) is 0 Å². The lowest BCUT2D eigenvalue weighted by Gasteiger charge is -2.16. The van der Waals surface area contributed by atoms with Crippen LogP contribution in [0, 0.1) is 0 Å². The van der Waals surface area contributed by atoms with Crippen LogP contribution in [0.2, 0.25) is 0 Å². The molecule has 1 aromatic carbocycles. The third kappa shape index (κ3) is 4.43. The van der Waals surface area contributed by atoms with Gasteiger partial charge in [0.05, 0.1) is 0 Å². The average molecular weight is 191 g/mol. The Morgan fingerprint density at radius 3 is 2.29 bits per heavy atom. The summed E-state index contributed by atoms with van der Waals surface area (Å²) in [7, 11) is 0. The molecular weight excluding hydrogens is 170 g/mol. The molecule has 0 aliphatic carbocycles. The molecular formula is C13H21N. The van der Waals surface area contributed by atoms with Gasteiger partial charge < -0.3 is 5.32 Å². The van der Waals surface area contributed by atoms with Gasteiger partial charge in [-0.15, -0.1) is 0 Å². The summed E-state index contributed by atoms with van der Waals surface area (Å²) in [5.74, 6) is 0. The zero-order valence-corrected chi connectivity index (χ0v) is 9.46. The number of aryl methyl sites for hydroxylation is 1. The molecule has 0 fully saturated rings. The number of hydrogen-bond donors (Lipinski definition) is 1. The van der Waals surface area contributed by atoms with Crippen LogP contribution in [-0.2, 0) is 6.42 Å². The van der Waals surface area contributed by atoms with Crippen molar-refractivity contribution in [2.75, 3.05) is 0 Å². The summed E-state index contributed by atoms with van der Waals surface area (Å²) in [6, 6.07) is 11.9. The van der Waals surface area contributed by atoms with Crippen LogP contribution in [0.1, 0.15) is 32.8 Å². The summed E-state index contributed by atoms with van der Waals surface area (Å²) in [5.41, 5.74) is 1.44. The predicted molar refractivity (Wildman–Crippen MR) is 62.5 cm³/mol. The third-order valence-corrected chi connectivity index (χ3v) is 2.33. The third-order valence-electron chi connectivity index (χ3n) is 2.33. The molecule has 14 heavy (non-hydrogen) atoms. The minimum Gasteiger partial charge on any atom is -0.312 e. The molecule has 0 heterocycles. The molecule has 0 amide bonds. The van der Waals surface area contributed by atoms with Crippen LogP contribution in [-0.4, -0.2) is 12.1 Å². The molecule has 0 radical (unpaired) electrons. The van der Waals surface area contributed by atoms with Crippen LogP contribution in [0.4, 0.5) is 0 Å². The van der Waals surface area contributed by atoms with Crippen LogP contribution < -0.4 is 5.32 Å². The highest BCUT2D eigenvalue weighted by atomic mass is 14.9. The zero-order valence-electron chi connectivity index (χ0n) is 9.46. The molecule has 1 atom stereocenters. The van der Waals surface area contributed by atoms with E-state index in [2.05, 4.69) is 56.4 Å². The molecule has 0 aromatic heterocycles. The van der Waals surface area contributed by atoms with Gasteiger partial charge in [-0.2, -0.15) is 0 Å². The van der Waals surface area contributed by atoms with E-state index in [4.69, 9.17) is 0 Å². The average Bonchev–Trinajstić information content (AvgIpc) is 2.15. The smallest absolute Gasteiger partial charge is 0.00442 e. The normalized spacial score (nSPS) is 13.1. The van der Waals surface area contributed by atoms with E-state index >= 15 is 0 Å². The molecule has 0 saturated carbocycles. The summed E-state index contributed by atoms with van der Waals surface area (Å²) in [4.78, 5) is 0. The fraction of sp³-hybridized carbons (Fsp3) is 0.538. The van der Waals surface area contributed by atoms with Gasteiger partial charge >= 0.3 is 0 Å². The van der Waals surface area contributed by atoms with Gasteiger partial charge in [0.25, 0.3) is 0 Å². The van der Waals surface area contributed by atoms with Crippen molar-refractivity contribution < 1.29 is 0 Å². The second-order valence-electron chi connectivity index (χ2n) is 4.25. The van der Waals surface area contributed by atoms with Crippen molar-refractivity contribution in [3.63, 3.8) is 0 Å². The van der Waals surface area contributed by atoms with Crippen molar-refractivity contribution >= 4 is 0 Å². The fourth-order valence-electron chi connectivity index (χ4n) is 1.68. The van der Waals surface area contributed by atoms with E-state index in [1.165, 1.54) is 18.4 Å². The van der Waals surface area contributed by atoms with Crippen molar-refractivity contribution in [3.8, 4) is 0 Å². The number of benzene rings is 1. The van der Waals surface area contributed by atoms with Gasteiger partial charge in [-0.05, 0) is 25.3 Å². The van der Waals surface area contributed by atoms with E-state index in [0.29, 0.717) is 12.1 Å². The van der Waals surface area contributed by atoms with Crippen LogP contribution in [0.5, 0.6) is 0 Å². The highest BCUT2D eigenvalue weighted by Crippen LogP contribution is 2.04. The lowest BCUT2D eigenvalue weighted by molar-refractivity contribution is 0.466. The monoisotopic (exact) mass is 191 g/mol. The highest BCUT2D eigenvalue weighted by molar-refractivity contribution is 5.14. The second kappa shape index (κ2) is 5.82. The van der Waals surface area contributed by atoms with Crippen molar-refractivity contribution in [2.45, 2.75) is 45.7 Å². The Hall–Kier alpha value is -0.820. The molecule has 0 saturated heterocycles. The Bertz CT molecular complexity index is 241. The van der Waals surface area contributed by atoms with E-state index in [-0.39, 0.29) is 0 Å². The molecule has 1 nitrogen and oxygen atoms in total. The Morgan fingerprint density at radius 2 is 1.71 bits per heavy atom. The molecule has 0 bridgehead atoms. The molecule has 1 N–H and O–H groups in total. The molecule has 0 aliphatic rings. The Balaban J connectivity index is 2.27. The summed E-state index contributed by atoms with van der Waals surface area (Å²) < 4.78 is 0. The van der Waals surface area contributed by atoms with Gasteiger partial charge in [-0.25, -0.2) is 0 Å². The molecule has 0 unspecified atom stereocenters. The Kier molecular flexibility index (Phi) is 4.68. The minimum absolute atomic E-state index is 0.584. The summed E-state index contributed by atoms with van der Waals surface area (Å²) in [6.07, 6.45) is 2.38. The van der Waals surface area contributed by atoms with E-state index in [1.807, 2.05) is 0 Å². The summed E-state index contributed by atoms with van der Waals surface area (Å²) in [6.45, 7) is 6.64. The number of hydrogen-bond acceptors (Lipinski definition) is 1. The standard InChI is InChI=1S/C13H21N/c1-11(2)14-12(3)9-10-13-7-5-4-6-8-13/h4-8,11-12,14H,9-10H2,1-3H3/t12-/m1/s1. The molecule has 1 rings (SSSR count). The largest absolute Gasteiger partial charge is 0.312 e. The second-order valence-corrected chi connectivity index (χ2v) is 4.25. The first-order chi connectivity index (χ1) is 6.68. The molecule has 1 aromatic rings. The number of nitrogens with one attached hydrogen (secondary N) is 1. The lowest BCUT2D eigenvalue weighted by Crippen LogP contribution is -2.32.